The quantitative estimate of drug-likeness (QED) is 0.259. The zero-order valence-corrected chi connectivity index (χ0v) is 19.3. The Bertz CT molecular complexity index is 1330. The van der Waals surface area contributed by atoms with Crippen molar-refractivity contribution in [3.63, 3.8) is 0 Å². The number of hydrogen-bond acceptors (Lipinski definition) is 7. The molecule has 0 saturated carbocycles. The number of carbonyl (C=O) groups excluding carboxylic acids is 1. The highest BCUT2D eigenvalue weighted by Gasteiger charge is 2.45. The molecule has 8 nitrogen and oxygen atoms in total. The van der Waals surface area contributed by atoms with Gasteiger partial charge in [0.2, 0.25) is 5.88 Å². The third-order valence-electron chi connectivity index (χ3n) is 5.02. The molecule has 186 valence electrons. The largest absolute Gasteiger partial charge is 0.477 e. The Morgan fingerprint density at radius 1 is 1.19 bits per heavy atom. The molecular formula is C24H17ClF3N3O5. The average Bonchev–Trinajstić information content (AvgIpc) is 2.82. The number of ether oxygens (including phenoxy) is 2. The minimum atomic E-state index is -4.57. The molecule has 0 spiro atoms. The molecule has 0 amide bonds. The number of hydrogen-bond donors (Lipinski definition) is 0. The van der Waals surface area contributed by atoms with Crippen LogP contribution >= 0.6 is 11.6 Å². The second-order valence-corrected chi connectivity index (χ2v) is 7.91. The SMILES string of the molecule is Cc1ccc(C(C#N)(Oc2ccccc2[N+](=O)[O-])C(=O)CCOc2ccc(C(F)(F)F)cn2)c(Cl)c1. The summed E-state index contributed by atoms with van der Waals surface area (Å²) >= 11 is 6.34. The van der Waals surface area contributed by atoms with Crippen LogP contribution in [0.2, 0.25) is 5.02 Å². The maximum Gasteiger partial charge on any atom is 0.417 e. The fourth-order valence-corrected chi connectivity index (χ4v) is 3.60. The van der Waals surface area contributed by atoms with Crippen molar-refractivity contribution in [2.45, 2.75) is 25.1 Å². The van der Waals surface area contributed by atoms with Gasteiger partial charge in [-0.15, -0.1) is 0 Å². The summed E-state index contributed by atoms with van der Waals surface area (Å²) in [6.07, 6.45) is -4.44. The lowest BCUT2D eigenvalue weighted by Crippen LogP contribution is -2.41. The van der Waals surface area contributed by atoms with Crippen molar-refractivity contribution in [2.75, 3.05) is 6.61 Å². The molecule has 0 bridgehead atoms. The summed E-state index contributed by atoms with van der Waals surface area (Å²) in [5.74, 6) is -1.36. The number of nitro benzene ring substituents is 1. The summed E-state index contributed by atoms with van der Waals surface area (Å²) in [4.78, 5) is 27.7. The Morgan fingerprint density at radius 2 is 1.92 bits per heavy atom. The van der Waals surface area contributed by atoms with E-state index < -0.39 is 40.2 Å². The van der Waals surface area contributed by atoms with Gasteiger partial charge in [-0.2, -0.15) is 18.4 Å². The molecule has 36 heavy (non-hydrogen) atoms. The number of nitro groups is 1. The van der Waals surface area contributed by atoms with Crippen molar-refractivity contribution >= 4 is 23.1 Å². The van der Waals surface area contributed by atoms with E-state index in [2.05, 4.69) is 4.98 Å². The zero-order valence-electron chi connectivity index (χ0n) is 18.6. The molecule has 0 fully saturated rings. The molecule has 0 aliphatic heterocycles. The highest BCUT2D eigenvalue weighted by molar-refractivity contribution is 6.32. The van der Waals surface area contributed by atoms with Crippen molar-refractivity contribution in [1.29, 1.82) is 5.26 Å². The van der Waals surface area contributed by atoms with Gasteiger partial charge in [-0.05, 0) is 30.7 Å². The van der Waals surface area contributed by atoms with E-state index in [-0.39, 0.29) is 28.8 Å². The van der Waals surface area contributed by atoms with E-state index in [0.717, 1.165) is 23.8 Å². The molecule has 1 unspecified atom stereocenters. The summed E-state index contributed by atoms with van der Waals surface area (Å²) in [5, 5.41) is 21.6. The van der Waals surface area contributed by atoms with Gasteiger partial charge in [0, 0.05) is 35.3 Å². The number of alkyl halides is 3. The number of halogens is 4. The number of aromatic nitrogens is 1. The van der Waals surface area contributed by atoms with Crippen LogP contribution in [0.5, 0.6) is 11.6 Å². The van der Waals surface area contributed by atoms with Gasteiger partial charge in [0.1, 0.15) is 6.07 Å². The van der Waals surface area contributed by atoms with Crippen LogP contribution in [-0.4, -0.2) is 22.3 Å². The Labute approximate surface area is 208 Å². The smallest absolute Gasteiger partial charge is 0.417 e. The van der Waals surface area contributed by atoms with Crippen LogP contribution in [0.3, 0.4) is 0 Å². The molecule has 0 aliphatic rings. The molecule has 3 aromatic rings. The molecule has 3 rings (SSSR count). The first-order valence-corrected chi connectivity index (χ1v) is 10.7. The van der Waals surface area contributed by atoms with Crippen LogP contribution in [-0.2, 0) is 16.6 Å². The Morgan fingerprint density at radius 3 is 2.50 bits per heavy atom. The monoisotopic (exact) mass is 519 g/mol. The number of nitriles is 1. The first kappa shape index (κ1) is 26.4. The number of ketones is 1. The summed E-state index contributed by atoms with van der Waals surface area (Å²) in [7, 11) is 0. The second-order valence-electron chi connectivity index (χ2n) is 7.51. The van der Waals surface area contributed by atoms with Gasteiger partial charge in [0.25, 0.3) is 5.60 Å². The number of benzene rings is 2. The lowest BCUT2D eigenvalue weighted by molar-refractivity contribution is -0.386. The second kappa shape index (κ2) is 10.6. The Kier molecular flexibility index (Phi) is 7.80. The van der Waals surface area contributed by atoms with Crippen molar-refractivity contribution in [3.8, 4) is 17.7 Å². The number of Topliss-reactive ketones (excluding diaryl/α,β-unsaturated/α-hetero) is 1. The lowest BCUT2D eigenvalue weighted by atomic mass is 9.88. The van der Waals surface area contributed by atoms with E-state index in [1.807, 2.05) is 0 Å². The van der Waals surface area contributed by atoms with E-state index >= 15 is 0 Å². The van der Waals surface area contributed by atoms with Crippen molar-refractivity contribution in [3.05, 3.63) is 92.6 Å². The van der Waals surface area contributed by atoms with Crippen molar-refractivity contribution in [1.82, 2.24) is 4.98 Å². The molecule has 1 aromatic heterocycles. The number of nitrogens with zero attached hydrogens (tertiary/aromatic N) is 3. The minimum absolute atomic E-state index is 0.0220. The van der Waals surface area contributed by atoms with Crippen LogP contribution in [0, 0.1) is 28.4 Å². The Balaban J connectivity index is 1.91. The summed E-state index contributed by atoms with van der Waals surface area (Å²) in [6.45, 7) is 1.36. The highest BCUT2D eigenvalue weighted by Crippen LogP contribution is 2.38. The number of para-hydroxylation sites is 2. The van der Waals surface area contributed by atoms with E-state index in [4.69, 9.17) is 21.1 Å². The number of rotatable bonds is 9. The fourth-order valence-electron chi connectivity index (χ4n) is 3.23. The molecule has 2 aromatic carbocycles. The fraction of sp³-hybridized carbons (Fsp3) is 0.208. The first-order chi connectivity index (χ1) is 17.0. The molecule has 0 aliphatic carbocycles. The van der Waals surface area contributed by atoms with Gasteiger partial charge >= 0.3 is 11.9 Å². The van der Waals surface area contributed by atoms with Crippen LogP contribution < -0.4 is 9.47 Å². The van der Waals surface area contributed by atoms with E-state index in [9.17, 15) is 33.3 Å². The van der Waals surface area contributed by atoms with Gasteiger partial charge in [-0.1, -0.05) is 35.9 Å². The van der Waals surface area contributed by atoms with Crippen LogP contribution in [0.4, 0.5) is 18.9 Å². The molecule has 12 heteroatoms. The van der Waals surface area contributed by atoms with E-state index in [1.165, 1.54) is 30.3 Å². The van der Waals surface area contributed by atoms with Gasteiger partial charge in [0.15, 0.2) is 11.5 Å². The van der Waals surface area contributed by atoms with E-state index in [1.54, 1.807) is 19.1 Å². The zero-order chi connectivity index (χ0) is 26.5. The van der Waals surface area contributed by atoms with Crippen molar-refractivity contribution in [2.24, 2.45) is 0 Å². The summed E-state index contributed by atoms with van der Waals surface area (Å²) in [5.41, 5.74) is -3.13. The molecular weight excluding hydrogens is 503 g/mol. The van der Waals surface area contributed by atoms with Crippen LogP contribution in [0.25, 0.3) is 0 Å². The minimum Gasteiger partial charge on any atom is -0.477 e. The average molecular weight is 520 g/mol. The summed E-state index contributed by atoms with van der Waals surface area (Å²) in [6, 6.07) is 13.3. The Hall–Kier alpha value is -4.17. The summed E-state index contributed by atoms with van der Waals surface area (Å²) < 4.78 is 49.1. The third kappa shape index (κ3) is 5.72. The maximum atomic E-state index is 13.4. The third-order valence-corrected chi connectivity index (χ3v) is 5.33. The van der Waals surface area contributed by atoms with Crippen LogP contribution in [0.15, 0.2) is 60.8 Å². The molecule has 1 atom stereocenters. The van der Waals surface area contributed by atoms with Gasteiger partial charge in [-0.3, -0.25) is 14.9 Å². The number of carbonyl (C=O) groups is 1. The van der Waals surface area contributed by atoms with E-state index in [0.29, 0.717) is 6.20 Å². The predicted molar refractivity (Wildman–Crippen MR) is 122 cm³/mol. The molecule has 1 heterocycles. The van der Waals surface area contributed by atoms with Gasteiger partial charge in [-0.25, -0.2) is 4.98 Å². The van der Waals surface area contributed by atoms with Gasteiger partial charge in [0.05, 0.1) is 17.1 Å². The number of pyridine rings is 1. The highest BCUT2D eigenvalue weighted by atomic mass is 35.5. The number of aryl methyl sites for hydroxylation is 1. The van der Waals surface area contributed by atoms with Crippen molar-refractivity contribution < 1.29 is 32.4 Å². The van der Waals surface area contributed by atoms with Gasteiger partial charge < -0.3 is 9.47 Å². The standard InChI is InChI=1S/C24H17ClF3N3O5/c1-15-6-8-17(18(25)12-15)23(14-29,36-20-5-3-2-4-19(20)31(33)34)21(32)10-11-35-22-9-7-16(13-30-22)24(26,27)28/h2-9,12-13H,10-11H2,1H3. The predicted octanol–water partition coefficient (Wildman–Crippen LogP) is 5.81. The normalized spacial score (nSPS) is 12.8. The van der Waals surface area contributed by atoms with Crippen LogP contribution in [0.1, 0.15) is 23.1 Å². The molecule has 0 N–H and O–H groups in total. The lowest BCUT2D eigenvalue weighted by Gasteiger charge is -2.27. The maximum absolute atomic E-state index is 13.4. The first-order valence-electron chi connectivity index (χ1n) is 10.3. The molecule has 0 saturated heterocycles. The molecule has 0 radical (unpaired) electrons. The topological polar surface area (TPSA) is 115 Å².